The lowest BCUT2D eigenvalue weighted by Crippen LogP contribution is -2.54. The van der Waals surface area contributed by atoms with Crippen LogP contribution in [0.5, 0.6) is 0 Å². The van der Waals surface area contributed by atoms with Crippen molar-refractivity contribution in [2.75, 3.05) is 26.8 Å². The molecule has 0 saturated carbocycles. The minimum Gasteiger partial charge on any atom is -0.453 e. The molecule has 0 aromatic rings. The summed E-state index contributed by atoms with van der Waals surface area (Å²) >= 11 is 0. The summed E-state index contributed by atoms with van der Waals surface area (Å²) in [5, 5.41) is 0. The van der Waals surface area contributed by atoms with Crippen molar-refractivity contribution >= 4 is 12.0 Å². The lowest BCUT2D eigenvalue weighted by Gasteiger charge is -2.37. The van der Waals surface area contributed by atoms with Crippen LogP contribution in [0.2, 0.25) is 0 Å². The highest BCUT2D eigenvalue weighted by Crippen LogP contribution is 2.12. The van der Waals surface area contributed by atoms with Gasteiger partial charge in [-0.1, -0.05) is 0 Å². The third-order valence-electron chi connectivity index (χ3n) is 1.98. The van der Waals surface area contributed by atoms with Crippen LogP contribution in [0.3, 0.4) is 0 Å². The molecule has 1 heterocycles. The quantitative estimate of drug-likeness (QED) is 0.655. The predicted octanol–water partition coefficient (Wildman–Crippen LogP) is -0.671. The fraction of sp³-hybridized carbons (Fsp3) is 0.750. The van der Waals surface area contributed by atoms with Crippen LogP contribution >= 0.6 is 0 Å². The summed E-state index contributed by atoms with van der Waals surface area (Å²) in [4.78, 5) is 22.8. The number of ether oxygens (including phenoxy) is 2. The molecule has 1 rings (SSSR count). The van der Waals surface area contributed by atoms with Gasteiger partial charge >= 0.3 is 6.09 Å². The topological polar surface area (TPSA) is 81.9 Å². The average molecular weight is 202 g/mol. The molecule has 0 unspecified atom stereocenters. The van der Waals surface area contributed by atoms with Gasteiger partial charge in [0, 0.05) is 6.42 Å². The summed E-state index contributed by atoms with van der Waals surface area (Å²) in [5.41, 5.74) is 4.93. The first-order chi connectivity index (χ1) is 6.63. The normalized spacial score (nSPS) is 16.2. The van der Waals surface area contributed by atoms with Crippen molar-refractivity contribution in [1.29, 1.82) is 0 Å². The van der Waals surface area contributed by atoms with Crippen LogP contribution in [0.15, 0.2) is 0 Å². The molecule has 6 nitrogen and oxygen atoms in total. The maximum atomic E-state index is 10.9. The highest BCUT2D eigenvalue weighted by Gasteiger charge is 2.31. The number of hydrogen-bond acceptors (Lipinski definition) is 4. The Labute approximate surface area is 81.9 Å². The first-order valence-corrected chi connectivity index (χ1v) is 4.36. The van der Waals surface area contributed by atoms with Crippen LogP contribution in [0.25, 0.3) is 0 Å². The molecule has 0 aromatic heterocycles. The summed E-state index contributed by atoms with van der Waals surface area (Å²) in [6.07, 6.45) is -0.123. The highest BCUT2D eigenvalue weighted by molar-refractivity contribution is 5.73. The average Bonchev–Trinajstić information content (AvgIpc) is 2.07. The lowest BCUT2D eigenvalue weighted by molar-refractivity contribution is -0.120. The first-order valence-electron chi connectivity index (χ1n) is 4.36. The third-order valence-corrected chi connectivity index (χ3v) is 1.98. The Hall–Kier alpha value is -1.30. The maximum absolute atomic E-state index is 10.9. The Bertz CT molecular complexity index is 225. The minimum atomic E-state index is -0.380. The maximum Gasteiger partial charge on any atom is 0.409 e. The van der Waals surface area contributed by atoms with E-state index in [4.69, 9.17) is 10.5 Å². The van der Waals surface area contributed by atoms with Gasteiger partial charge in [-0.3, -0.25) is 4.79 Å². The molecule has 1 aliphatic rings. The van der Waals surface area contributed by atoms with Crippen LogP contribution in [-0.2, 0) is 14.3 Å². The van der Waals surface area contributed by atoms with Crippen LogP contribution < -0.4 is 5.73 Å². The summed E-state index contributed by atoms with van der Waals surface area (Å²) in [5.74, 6) is -0.380. The van der Waals surface area contributed by atoms with Crippen molar-refractivity contribution in [3.8, 4) is 0 Å². The molecule has 2 N–H and O–H groups in total. The molecule has 14 heavy (non-hydrogen) atoms. The first kappa shape index (κ1) is 10.8. The molecule has 0 atom stereocenters. The zero-order chi connectivity index (χ0) is 10.6. The second-order valence-corrected chi connectivity index (χ2v) is 3.08. The van der Waals surface area contributed by atoms with Crippen LogP contribution in [0, 0.1) is 0 Å². The van der Waals surface area contributed by atoms with Crippen LogP contribution in [0.4, 0.5) is 4.79 Å². The third kappa shape index (κ3) is 2.88. The van der Waals surface area contributed by atoms with E-state index in [0.29, 0.717) is 19.7 Å². The monoisotopic (exact) mass is 202 g/mol. The Morgan fingerprint density at radius 1 is 1.50 bits per heavy atom. The van der Waals surface area contributed by atoms with E-state index in [0.717, 1.165) is 0 Å². The van der Waals surface area contributed by atoms with Gasteiger partial charge in [-0.05, 0) is 0 Å². The van der Waals surface area contributed by atoms with E-state index in [9.17, 15) is 9.59 Å². The van der Waals surface area contributed by atoms with Crippen molar-refractivity contribution in [3.63, 3.8) is 0 Å². The lowest BCUT2D eigenvalue weighted by atomic mass is 10.2. The van der Waals surface area contributed by atoms with Crippen molar-refractivity contribution in [2.45, 2.75) is 12.5 Å². The number of methoxy groups -OCH3 is 1. The number of rotatable bonds is 4. The Kier molecular flexibility index (Phi) is 3.70. The summed E-state index contributed by atoms with van der Waals surface area (Å²) < 4.78 is 9.77. The summed E-state index contributed by atoms with van der Waals surface area (Å²) in [6.45, 7) is 1.35. The van der Waals surface area contributed by atoms with Gasteiger partial charge < -0.3 is 20.1 Å². The van der Waals surface area contributed by atoms with Gasteiger partial charge in [0.25, 0.3) is 0 Å². The second-order valence-electron chi connectivity index (χ2n) is 3.08. The molecular formula is C8H14N2O4. The molecule has 1 fully saturated rings. The molecule has 0 radical (unpaired) electrons. The number of carbonyl (C=O) groups excluding carboxylic acids is 2. The molecule has 1 aliphatic heterocycles. The number of nitrogens with two attached hydrogens (primary N) is 1. The van der Waals surface area contributed by atoms with Gasteiger partial charge in [0.1, 0.15) is 0 Å². The van der Waals surface area contributed by atoms with E-state index in [2.05, 4.69) is 4.74 Å². The number of amides is 2. The SMILES string of the molecule is COC(=O)N1CC(OCCC(N)=O)C1. The standard InChI is InChI=1S/C8H14N2O4/c1-13-8(12)10-4-6(5-10)14-3-2-7(9)11/h6H,2-5H2,1H3,(H2,9,11). The van der Waals surface area contributed by atoms with E-state index in [1.165, 1.54) is 12.0 Å². The molecule has 0 aromatic carbocycles. The number of carbonyl (C=O) groups is 2. The molecule has 1 saturated heterocycles. The van der Waals surface area contributed by atoms with Crippen LogP contribution in [0.1, 0.15) is 6.42 Å². The van der Waals surface area contributed by atoms with Crippen molar-refractivity contribution in [3.05, 3.63) is 0 Å². The van der Waals surface area contributed by atoms with E-state index < -0.39 is 0 Å². The smallest absolute Gasteiger partial charge is 0.409 e. The fourth-order valence-corrected chi connectivity index (χ4v) is 1.15. The molecule has 6 heteroatoms. The predicted molar refractivity (Wildman–Crippen MR) is 47.5 cm³/mol. The van der Waals surface area contributed by atoms with E-state index in [1.54, 1.807) is 0 Å². The van der Waals surface area contributed by atoms with Crippen molar-refractivity contribution in [1.82, 2.24) is 4.90 Å². The number of nitrogens with zero attached hydrogens (tertiary/aromatic N) is 1. The number of hydrogen-bond donors (Lipinski definition) is 1. The van der Waals surface area contributed by atoms with Crippen molar-refractivity contribution < 1.29 is 19.1 Å². The Morgan fingerprint density at radius 2 is 2.14 bits per heavy atom. The zero-order valence-corrected chi connectivity index (χ0v) is 8.06. The Morgan fingerprint density at radius 3 is 2.64 bits per heavy atom. The largest absolute Gasteiger partial charge is 0.453 e. The van der Waals surface area contributed by atoms with Gasteiger partial charge in [-0.25, -0.2) is 4.79 Å². The molecular weight excluding hydrogens is 188 g/mol. The number of primary amides is 1. The van der Waals surface area contributed by atoms with Gasteiger partial charge in [-0.2, -0.15) is 0 Å². The fourth-order valence-electron chi connectivity index (χ4n) is 1.15. The zero-order valence-electron chi connectivity index (χ0n) is 8.06. The highest BCUT2D eigenvalue weighted by atomic mass is 16.5. The molecule has 2 amide bonds. The van der Waals surface area contributed by atoms with Crippen LogP contribution in [-0.4, -0.2) is 49.8 Å². The second kappa shape index (κ2) is 4.80. The molecule has 0 spiro atoms. The molecule has 0 aliphatic carbocycles. The van der Waals surface area contributed by atoms with Crippen molar-refractivity contribution in [2.24, 2.45) is 5.73 Å². The molecule has 80 valence electrons. The summed E-state index contributed by atoms with van der Waals surface area (Å²) in [7, 11) is 1.34. The van der Waals surface area contributed by atoms with Gasteiger partial charge in [0.15, 0.2) is 0 Å². The minimum absolute atomic E-state index is 0.00782. The van der Waals surface area contributed by atoms with E-state index >= 15 is 0 Å². The number of likely N-dealkylation sites (tertiary alicyclic amines) is 1. The van der Waals surface area contributed by atoms with Gasteiger partial charge in [0.05, 0.1) is 32.9 Å². The molecule has 0 bridgehead atoms. The van der Waals surface area contributed by atoms with E-state index in [1.807, 2.05) is 0 Å². The Balaban J connectivity index is 2.04. The summed E-state index contributed by atoms with van der Waals surface area (Å²) in [6, 6.07) is 0. The van der Waals surface area contributed by atoms with E-state index in [-0.39, 0.29) is 24.5 Å². The van der Waals surface area contributed by atoms with Gasteiger partial charge in [0.2, 0.25) is 5.91 Å². The van der Waals surface area contributed by atoms with Gasteiger partial charge in [-0.15, -0.1) is 0 Å².